The lowest BCUT2D eigenvalue weighted by Crippen LogP contribution is -2.52. The first-order chi connectivity index (χ1) is 19.5. The highest BCUT2D eigenvalue weighted by molar-refractivity contribution is 7.98. The van der Waals surface area contributed by atoms with E-state index in [1.54, 1.807) is 49.6 Å². The molecule has 0 spiro atoms. The van der Waals surface area contributed by atoms with Crippen LogP contribution in [0.15, 0.2) is 48.5 Å². The summed E-state index contributed by atoms with van der Waals surface area (Å²) < 4.78 is 5.46. The zero-order valence-corrected chi connectivity index (χ0v) is 26.2. The fourth-order valence-corrected chi connectivity index (χ4v) is 4.95. The predicted octanol–water partition coefficient (Wildman–Crippen LogP) is 6.83. The van der Waals surface area contributed by atoms with Gasteiger partial charge in [0.05, 0.1) is 0 Å². The molecule has 0 heterocycles. The zero-order chi connectivity index (χ0) is 30.4. The fourth-order valence-electron chi connectivity index (χ4n) is 4.48. The molecule has 0 fully saturated rings. The van der Waals surface area contributed by atoms with Crippen LogP contribution in [0.1, 0.15) is 83.4 Å². The number of phenols is 1. The second-order valence-electron chi connectivity index (χ2n) is 11.2. The number of unbranched alkanes of at least 4 members (excludes halogenated alkanes) is 4. The maximum Gasteiger partial charge on any atom is 0.408 e. The zero-order valence-electron chi connectivity index (χ0n) is 25.4. The van der Waals surface area contributed by atoms with Gasteiger partial charge in [-0.05, 0) is 81.9 Å². The number of benzene rings is 2. The molecular weight excluding hydrogens is 538 g/mol. The molecule has 0 aliphatic carbocycles. The Kier molecular flexibility index (Phi) is 14.0. The van der Waals surface area contributed by atoms with Gasteiger partial charge in [0, 0.05) is 12.2 Å². The normalized spacial score (nSPS) is 12.7. The monoisotopic (exact) mass is 585 g/mol. The molecule has 2 aromatic rings. The van der Waals surface area contributed by atoms with Gasteiger partial charge >= 0.3 is 6.09 Å². The Labute approximate surface area is 249 Å². The van der Waals surface area contributed by atoms with Crippen molar-refractivity contribution in [1.82, 2.24) is 10.2 Å². The van der Waals surface area contributed by atoms with E-state index in [4.69, 9.17) is 4.74 Å². The lowest BCUT2D eigenvalue weighted by molar-refractivity contribution is -0.141. The van der Waals surface area contributed by atoms with Gasteiger partial charge in [-0.25, -0.2) is 4.79 Å². The standard InChI is InChI=1S/C32H47N3O5S/c1-7-8-9-10-13-20-35(30(38)27(19-21-41-6)34-31(39)40-32(3,4)5)28(24-16-14-17-25(36)22-24)29(37)33-26-18-12-11-15-23(26)2/h11-12,14-18,22,27-28,36H,7-10,13,19-21H2,1-6H3,(H,33,37)(H,34,39). The van der Waals surface area contributed by atoms with Crippen LogP contribution < -0.4 is 10.6 Å². The number of hydrogen-bond acceptors (Lipinski definition) is 6. The van der Waals surface area contributed by atoms with Gasteiger partial charge in [0.1, 0.15) is 23.4 Å². The number of phenolic OH excluding ortho intramolecular Hbond substituents is 1. The topological polar surface area (TPSA) is 108 Å². The lowest BCUT2D eigenvalue weighted by atomic mass is 10.0. The third kappa shape index (κ3) is 11.7. The Morgan fingerprint density at radius 3 is 2.37 bits per heavy atom. The first-order valence-corrected chi connectivity index (χ1v) is 15.8. The molecule has 8 nitrogen and oxygen atoms in total. The van der Waals surface area contributed by atoms with E-state index in [1.807, 2.05) is 37.4 Å². The van der Waals surface area contributed by atoms with E-state index in [-0.39, 0.29) is 11.7 Å². The van der Waals surface area contributed by atoms with Crippen LogP contribution in [0.2, 0.25) is 0 Å². The number of amides is 3. The molecule has 0 saturated carbocycles. The number of alkyl carbamates (subject to hydrolysis) is 1. The molecule has 226 valence electrons. The van der Waals surface area contributed by atoms with Crippen molar-refractivity contribution in [2.45, 2.75) is 90.8 Å². The molecule has 2 rings (SSSR count). The third-order valence-corrected chi connectivity index (χ3v) is 7.18. The van der Waals surface area contributed by atoms with Crippen LogP contribution in [0.3, 0.4) is 0 Å². The average molecular weight is 586 g/mol. The molecule has 3 amide bonds. The first kappa shape index (κ1) is 34.0. The smallest absolute Gasteiger partial charge is 0.408 e. The second kappa shape index (κ2) is 16.9. The first-order valence-electron chi connectivity index (χ1n) is 14.4. The summed E-state index contributed by atoms with van der Waals surface area (Å²) in [5.74, 6) is -0.137. The molecule has 0 saturated heterocycles. The Morgan fingerprint density at radius 2 is 1.73 bits per heavy atom. The van der Waals surface area contributed by atoms with Crippen LogP contribution in [0.5, 0.6) is 5.75 Å². The largest absolute Gasteiger partial charge is 0.508 e. The summed E-state index contributed by atoms with van der Waals surface area (Å²) in [4.78, 5) is 42.6. The number of para-hydroxylation sites is 1. The van der Waals surface area contributed by atoms with E-state index in [0.29, 0.717) is 36.4 Å². The van der Waals surface area contributed by atoms with Crippen molar-refractivity contribution in [2.75, 3.05) is 23.9 Å². The summed E-state index contributed by atoms with van der Waals surface area (Å²) in [6.07, 6.45) is 6.43. The number of aryl methyl sites for hydroxylation is 1. The van der Waals surface area contributed by atoms with E-state index in [1.165, 1.54) is 12.1 Å². The summed E-state index contributed by atoms with van der Waals surface area (Å²) in [6.45, 7) is 9.65. The Balaban J connectivity index is 2.52. The predicted molar refractivity (Wildman–Crippen MR) is 167 cm³/mol. The number of ether oxygens (including phenoxy) is 1. The van der Waals surface area contributed by atoms with Gasteiger partial charge in [0.15, 0.2) is 0 Å². The molecule has 2 atom stereocenters. The van der Waals surface area contributed by atoms with Gasteiger partial charge in [0.25, 0.3) is 5.91 Å². The Morgan fingerprint density at radius 1 is 1.02 bits per heavy atom. The molecule has 0 aliphatic rings. The lowest BCUT2D eigenvalue weighted by Gasteiger charge is -2.34. The van der Waals surface area contributed by atoms with Gasteiger partial charge in [-0.15, -0.1) is 0 Å². The quantitative estimate of drug-likeness (QED) is 0.198. The molecule has 41 heavy (non-hydrogen) atoms. The van der Waals surface area contributed by atoms with Crippen molar-refractivity contribution in [3.63, 3.8) is 0 Å². The van der Waals surface area contributed by atoms with Gasteiger partial charge < -0.3 is 25.4 Å². The minimum atomic E-state index is -1.03. The number of aromatic hydroxyl groups is 1. The van der Waals surface area contributed by atoms with Crippen molar-refractivity contribution in [1.29, 1.82) is 0 Å². The number of thioether (sulfide) groups is 1. The minimum absolute atomic E-state index is 0.00245. The molecular formula is C32H47N3O5S. The number of nitrogens with one attached hydrogen (secondary N) is 2. The molecule has 0 radical (unpaired) electrons. The SMILES string of the molecule is CCCCCCCN(C(=O)C(CCSC)NC(=O)OC(C)(C)C)C(C(=O)Nc1ccccc1C)c1cccc(O)c1. The number of nitrogens with zero attached hydrogens (tertiary/aromatic N) is 1. The van der Waals surface area contributed by atoms with Crippen molar-refractivity contribution >= 4 is 35.4 Å². The molecule has 2 aromatic carbocycles. The van der Waals surface area contributed by atoms with Crippen LogP contribution in [0.25, 0.3) is 0 Å². The van der Waals surface area contributed by atoms with E-state index in [0.717, 1.165) is 31.2 Å². The summed E-state index contributed by atoms with van der Waals surface area (Å²) in [6, 6.07) is 12.0. The van der Waals surface area contributed by atoms with Crippen LogP contribution >= 0.6 is 11.8 Å². The molecule has 2 unspecified atom stereocenters. The van der Waals surface area contributed by atoms with E-state index in [2.05, 4.69) is 17.6 Å². The summed E-state index contributed by atoms with van der Waals surface area (Å²) in [7, 11) is 0. The molecule has 0 aliphatic heterocycles. The van der Waals surface area contributed by atoms with E-state index < -0.39 is 29.7 Å². The Hall–Kier alpha value is -3.20. The van der Waals surface area contributed by atoms with Crippen LogP contribution in [-0.4, -0.2) is 58.1 Å². The summed E-state index contributed by atoms with van der Waals surface area (Å²) >= 11 is 1.57. The number of carbonyl (C=O) groups is 3. The van der Waals surface area contributed by atoms with Gasteiger partial charge in [-0.1, -0.05) is 62.9 Å². The van der Waals surface area contributed by atoms with Crippen molar-refractivity contribution in [2.24, 2.45) is 0 Å². The number of anilines is 1. The van der Waals surface area contributed by atoms with Crippen molar-refractivity contribution in [3.05, 3.63) is 59.7 Å². The van der Waals surface area contributed by atoms with Crippen molar-refractivity contribution < 1.29 is 24.2 Å². The molecule has 9 heteroatoms. The molecule has 0 bridgehead atoms. The highest BCUT2D eigenvalue weighted by atomic mass is 32.2. The Bertz CT molecular complexity index is 1130. The van der Waals surface area contributed by atoms with Crippen LogP contribution in [0.4, 0.5) is 10.5 Å². The van der Waals surface area contributed by atoms with Gasteiger partial charge in [0.2, 0.25) is 5.91 Å². The fraction of sp³-hybridized carbons (Fsp3) is 0.531. The van der Waals surface area contributed by atoms with Crippen LogP contribution in [0, 0.1) is 6.92 Å². The van der Waals surface area contributed by atoms with E-state index in [9.17, 15) is 19.5 Å². The maximum absolute atomic E-state index is 14.3. The number of rotatable bonds is 15. The highest BCUT2D eigenvalue weighted by Gasteiger charge is 2.36. The van der Waals surface area contributed by atoms with Gasteiger partial charge in [-0.2, -0.15) is 11.8 Å². The van der Waals surface area contributed by atoms with Crippen molar-refractivity contribution in [3.8, 4) is 5.75 Å². The highest BCUT2D eigenvalue weighted by Crippen LogP contribution is 2.28. The number of hydrogen-bond donors (Lipinski definition) is 3. The second-order valence-corrected chi connectivity index (χ2v) is 12.2. The maximum atomic E-state index is 14.3. The molecule has 0 aromatic heterocycles. The summed E-state index contributed by atoms with van der Waals surface area (Å²) in [5, 5.41) is 16.1. The van der Waals surface area contributed by atoms with Gasteiger partial charge in [-0.3, -0.25) is 9.59 Å². The average Bonchev–Trinajstić information content (AvgIpc) is 2.90. The summed E-state index contributed by atoms with van der Waals surface area (Å²) in [5.41, 5.74) is 1.29. The third-order valence-electron chi connectivity index (χ3n) is 6.53. The number of carbonyl (C=O) groups excluding carboxylic acids is 3. The van der Waals surface area contributed by atoms with E-state index >= 15 is 0 Å². The molecule has 3 N–H and O–H groups in total. The van der Waals surface area contributed by atoms with Crippen LogP contribution in [-0.2, 0) is 14.3 Å². The minimum Gasteiger partial charge on any atom is -0.508 e.